The molecule has 1 atom stereocenters. The van der Waals surface area contributed by atoms with Crippen LogP contribution in [0.25, 0.3) is 11.3 Å². The van der Waals surface area contributed by atoms with E-state index in [9.17, 15) is 5.11 Å². The molecule has 0 radical (unpaired) electrons. The summed E-state index contributed by atoms with van der Waals surface area (Å²) in [6, 6.07) is 9.33. The van der Waals surface area contributed by atoms with Gasteiger partial charge in [0.1, 0.15) is 11.6 Å². The van der Waals surface area contributed by atoms with Gasteiger partial charge < -0.3 is 16.2 Å². The van der Waals surface area contributed by atoms with Crippen LogP contribution in [0.3, 0.4) is 0 Å². The number of rotatable bonds is 2. The minimum Gasteiger partial charge on any atom is -0.507 e. The van der Waals surface area contributed by atoms with Gasteiger partial charge in [-0.25, -0.2) is 4.98 Å². The molecule has 0 aliphatic carbocycles. The quantitative estimate of drug-likeness (QED) is 0.792. The molecule has 1 aromatic carbocycles. The molecule has 110 valence electrons. The molecule has 1 aliphatic heterocycles. The van der Waals surface area contributed by atoms with Crippen molar-refractivity contribution in [2.45, 2.75) is 25.7 Å². The molecule has 1 saturated heterocycles. The number of aromatic hydroxyl groups is 1. The van der Waals surface area contributed by atoms with E-state index < -0.39 is 0 Å². The van der Waals surface area contributed by atoms with E-state index in [0.717, 1.165) is 36.3 Å². The maximum atomic E-state index is 10.0. The predicted octanol–water partition coefficient (Wildman–Crippen LogP) is 2.81. The Hall–Kier alpha value is -2.07. The van der Waals surface area contributed by atoms with Crippen LogP contribution in [0.1, 0.15) is 29.9 Å². The van der Waals surface area contributed by atoms with Crippen LogP contribution >= 0.6 is 0 Å². The second kappa shape index (κ2) is 5.74. The average molecular weight is 283 g/mol. The van der Waals surface area contributed by atoms with Crippen LogP contribution in [-0.4, -0.2) is 23.2 Å². The van der Waals surface area contributed by atoms with Gasteiger partial charge in [-0.1, -0.05) is 12.1 Å². The van der Waals surface area contributed by atoms with Crippen molar-refractivity contribution in [2.24, 2.45) is 0 Å². The monoisotopic (exact) mass is 283 g/mol. The lowest BCUT2D eigenvalue weighted by Gasteiger charge is -2.25. The highest BCUT2D eigenvalue weighted by molar-refractivity contribution is 5.69. The number of benzene rings is 1. The van der Waals surface area contributed by atoms with Crippen molar-refractivity contribution in [3.05, 3.63) is 41.5 Å². The summed E-state index contributed by atoms with van der Waals surface area (Å²) in [5, 5.41) is 13.5. The normalized spacial score (nSPS) is 18.6. The van der Waals surface area contributed by atoms with Crippen molar-refractivity contribution >= 4 is 5.82 Å². The first-order chi connectivity index (χ1) is 10.2. The van der Waals surface area contributed by atoms with E-state index in [4.69, 9.17) is 5.73 Å². The van der Waals surface area contributed by atoms with Gasteiger partial charge in [-0.2, -0.15) is 0 Å². The minimum absolute atomic E-state index is 0.237. The number of nitrogens with one attached hydrogen (secondary N) is 1. The number of hydrogen-bond acceptors (Lipinski definition) is 4. The van der Waals surface area contributed by atoms with Gasteiger partial charge in [-0.3, -0.25) is 0 Å². The zero-order chi connectivity index (χ0) is 14.8. The number of aromatic nitrogens is 1. The summed E-state index contributed by atoms with van der Waals surface area (Å²) in [5.74, 6) is 1.26. The molecule has 4 nitrogen and oxygen atoms in total. The highest BCUT2D eigenvalue weighted by Gasteiger charge is 2.20. The van der Waals surface area contributed by atoms with Gasteiger partial charge in [0, 0.05) is 12.1 Å². The van der Waals surface area contributed by atoms with Crippen LogP contribution in [0.4, 0.5) is 5.82 Å². The van der Waals surface area contributed by atoms with E-state index in [1.807, 2.05) is 25.1 Å². The summed E-state index contributed by atoms with van der Waals surface area (Å²) < 4.78 is 0. The Morgan fingerprint density at radius 2 is 2.14 bits per heavy atom. The number of hydrogen-bond donors (Lipinski definition) is 3. The lowest BCUT2D eigenvalue weighted by atomic mass is 9.88. The second-order valence-electron chi connectivity index (χ2n) is 5.67. The zero-order valence-corrected chi connectivity index (χ0v) is 12.3. The first kappa shape index (κ1) is 13.9. The number of anilines is 1. The molecule has 3 rings (SSSR count). The van der Waals surface area contributed by atoms with Crippen molar-refractivity contribution in [1.82, 2.24) is 10.3 Å². The van der Waals surface area contributed by atoms with Crippen LogP contribution in [0.15, 0.2) is 30.3 Å². The predicted molar refractivity (Wildman–Crippen MR) is 85.3 cm³/mol. The van der Waals surface area contributed by atoms with Gasteiger partial charge in [0.05, 0.1) is 5.69 Å². The van der Waals surface area contributed by atoms with Gasteiger partial charge in [-0.15, -0.1) is 0 Å². The van der Waals surface area contributed by atoms with Crippen molar-refractivity contribution in [2.75, 3.05) is 18.8 Å². The third kappa shape index (κ3) is 2.72. The number of piperidine rings is 1. The van der Waals surface area contributed by atoms with Gasteiger partial charge in [0.25, 0.3) is 0 Å². The summed E-state index contributed by atoms with van der Waals surface area (Å²) in [6.45, 7) is 4.09. The van der Waals surface area contributed by atoms with Crippen molar-refractivity contribution in [1.29, 1.82) is 0 Å². The Labute approximate surface area is 125 Å². The number of nitrogens with two attached hydrogens (primary N) is 1. The Morgan fingerprint density at radius 3 is 2.86 bits per heavy atom. The highest BCUT2D eigenvalue weighted by atomic mass is 16.3. The van der Waals surface area contributed by atoms with Gasteiger partial charge in [0.2, 0.25) is 0 Å². The van der Waals surface area contributed by atoms with Crippen molar-refractivity contribution < 1.29 is 5.11 Å². The van der Waals surface area contributed by atoms with Crippen LogP contribution < -0.4 is 11.1 Å². The molecule has 1 fully saturated rings. The first-order valence-corrected chi connectivity index (χ1v) is 7.43. The van der Waals surface area contributed by atoms with Gasteiger partial charge >= 0.3 is 0 Å². The van der Waals surface area contributed by atoms with Crippen LogP contribution in [-0.2, 0) is 0 Å². The molecule has 1 aliphatic rings. The Morgan fingerprint density at radius 1 is 1.33 bits per heavy atom. The van der Waals surface area contributed by atoms with E-state index in [2.05, 4.69) is 16.4 Å². The smallest absolute Gasteiger partial charge is 0.127 e. The van der Waals surface area contributed by atoms with Gasteiger partial charge in [0.15, 0.2) is 0 Å². The first-order valence-electron chi connectivity index (χ1n) is 7.43. The summed E-state index contributed by atoms with van der Waals surface area (Å²) in [4.78, 5) is 4.46. The lowest BCUT2D eigenvalue weighted by molar-refractivity contribution is 0.460. The summed E-state index contributed by atoms with van der Waals surface area (Å²) in [6.07, 6.45) is 2.34. The minimum atomic E-state index is 0.237. The summed E-state index contributed by atoms with van der Waals surface area (Å²) >= 11 is 0. The molecule has 0 spiro atoms. The number of phenolic OH excluding ortho intramolecular Hbond substituents is 1. The molecule has 21 heavy (non-hydrogen) atoms. The SMILES string of the molecule is Cc1c(C2CCCNC2)cc(-c2ccccc2O)nc1N. The molecule has 2 aromatic rings. The molecule has 4 N–H and O–H groups in total. The standard InChI is InChI=1S/C17H21N3O/c1-11-14(12-5-4-8-19-10-12)9-15(20-17(11)18)13-6-2-3-7-16(13)21/h2-3,6-7,9,12,19,21H,4-5,8,10H2,1H3,(H2,18,20). The maximum Gasteiger partial charge on any atom is 0.127 e. The molecule has 0 amide bonds. The topological polar surface area (TPSA) is 71.2 Å². The van der Waals surface area contributed by atoms with Crippen molar-refractivity contribution in [3.63, 3.8) is 0 Å². The van der Waals surface area contributed by atoms with E-state index in [1.54, 1.807) is 6.07 Å². The fourth-order valence-electron chi connectivity index (χ4n) is 3.02. The largest absolute Gasteiger partial charge is 0.507 e. The van der Waals surface area contributed by atoms with E-state index in [0.29, 0.717) is 11.7 Å². The van der Waals surface area contributed by atoms with E-state index >= 15 is 0 Å². The molecule has 2 heterocycles. The highest BCUT2D eigenvalue weighted by Crippen LogP contribution is 2.34. The molecule has 0 saturated carbocycles. The van der Waals surface area contributed by atoms with E-state index in [-0.39, 0.29) is 5.75 Å². The zero-order valence-electron chi connectivity index (χ0n) is 12.3. The van der Waals surface area contributed by atoms with Crippen LogP contribution in [0, 0.1) is 6.92 Å². The second-order valence-corrected chi connectivity index (χ2v) is 5.67. The fraction of sp³-hybridized carbons (Fsp3) is 0.353. The molecular formula is C17H21N3O. The summed E-state index contributed by atoms with van der Waals surface area (Å²) in [5.41, 5.74) is 9.88. The number of nitrogen functional groups attached to an aromatic ring is 1. The number of nitrogens with zero attached hydrogens (tertiary/aromatic N) is 1. The Bertz CT molecular complexity index is 648. The number of pyridine rings is 1. The van der Waals surface area contributed by atoms with E-state index in [1.165, 1.54) is 12.0 Å². The lowest BCUT2D eigenvalue weighted by Crippen LogP contribution is -2.29. The number of phenols is 1. The van der Waals surface area contributed by atoms with Crippen LogP contribution in [0.2, 0.25) is 0 Å². The number of para-hydroxylation sites is 1. The summed E-state index contributed by atoms with van der Waals surface area (Å²) in [7, 11) is 0. The van der Waals surface area contributed by atoms with Gasteiger partial charge in [-0.05, 0) is 61.6 Å². The molecular weight excluding hydrogens is 262 g/mol. The third-order valence-corrected chi connectivity index (χ3v) is 4.27. The Balaban J connectivity index is 2.07. The molecule has 4 heteroatoms. The molecule has 1 unspecified atom stereocenters. The maximum absolute atomic E-state index is 10.0. The molecule has 0 bridgehead atoms. The Kier molecular flexibility index (Phi) is 3.80. The average Bonchev–Trinajstić information content (AvgIpc) is 2.51. The fourth-order valence-corrected chi connectivity index (χ4v) is 3.02. The molecule has 1 aromatic heterocycles. The van der Waals surface area contributed by atoms with Crippen molar-refractivity contribution in [3.8, 4) is 17.0 Å². The third-order valence-electron chi connectivity index (χ3n) is 4.27. The van der Waals surface area contributed by atoms with Crippen LogP contribution in [0.5, 0.6) is 5.75 Å².